The summed E-state index contributed by atoms with van der Waals surface area (Å²) in [6.07, 6.45) is 6.56. The second kappa shape index (κ2) is 13.9. The molecule has 0 radical (unpaired) electrons. The lowest BCUT2D eigenvalue weighted by atomic mass is 9.84. The third-order valence-corrected chi connectivity index (χ3v) is 8.58. The first-order chi connectivity index (χ1) is 18.9. The van der Waals surface area contributed by atoms with E-state index in [0.717, 1.165) is 51.6 Å². The van der Waals surface area contributed by atoms with Gasteiger partial charge in [0, 0.05) is 18.8 Å². The minimum atomic E-state index is -5.08. The van der Waals surface area contributed by atoms with Crippen molar-refractivity contribution in [2.75, 3.05) is 22.7 Å². The number of halogens is 3. The lowest BCUT2D eigenvalue weighted by molar-refractivity contribution is -0.192. The Hall–Kier alpha value is -3.28. The Kier molecular flexibility index (Phi) is 10.8. The number of benzene rings is 2. The van der Waals surface area contributed by atoms with E-state index in [1.54, 1.807) is 24.3 Å². The van der Waals surface area contributed by atoms with Crippen LogP contribution in [-0.2, 0) is 14.8 Å². The van der Waals surface area contributed by atoms with Crippen molar-refractivity contribution in [3.05, 3.63) is 53.6 Å². The zero-order chi connectivity index (χ0) is 29.3. The summed E-state index contributed by atoms with van der Waals surface area (Å²) in [5.41, 5.74) is 2.24. The summed E-state index contributed by atoms with van der Waals surface area (Å²) in [6, 6.07) is 12.0. The Morgan fingerprint density at radius 3 is 1.88 bits per heavy atom. The van der Waals surface area contributed by atoms with Crippen LogP contribution in [0.4, 0.5) is 24.5 Å². The molecule has 2 aliphatic rings. The largest absolute Gasteiger partial charge is 0.490 e. The van der Waals surface area contributed by atoms with E-state index in [9.17, 15) is 31.5 Å². The Labute approximate surface area is 232 Å². The molecule has 40 heavy (non-hydrogen) atoms. The average Bonchev–Trinajstić information content (AvgIpc) is 2.89. The van der Waals surface area contributed by atoms with Crippen LogP contribution in [0.3, 0.4) is 0 Å². The second-order valence-corrected chi connectivity index (χ2v) is 11.8. The van der Waals surface area contributed by atoms with Crippen molar-refractivity contribution in [3.63, 3.8) is 0 Å². The first-order valence-electron chi connectivity index (χ1n) is 13.4. The molecule has 0 atom stereocenters. The maximum atomic E-state index is 13.0. The van der Waals surface area contributed by atoms with Crippen molar-refractivity contribution < 1.29 is 41.4 Å². The lowest BCUT2D eigenvalue weighted by Gasteiger charge is -2.28. The molecular formula is C28H35F3N2O6S. The minimum absolute atomic E-state index is 0.128. The van der Waals surface area contributed by atoms with Crippen LogP contribution in [0, 0.1) is 0 Å². The monoisotopic (exact) mass is 584 g/mol. The van der Waals surface area contributed by atoms with Gasteiger partial charge in [-0.3, -0.25) is 4.72 Å². The molecular weight excluding hydrogens is 549 g/mol. The fourth-order valence-electron chi connectivity index (χ4n) is 5.10. The van der Waals surface area contributed by atoms with Gasteiger partial charge < -0.3 is 15.1 Å². The highest BCUT2D eigenvalue weighted by atomic mass is 32.2. The summed E-state index contributed by atoms with van der Waals surface area (Å²) in [7, 11) is -3.81. The van der Waals surface area contributed by atoms with Crippen molar-refractivity contribution >= 4 is 33.3 Å². The van der Waals surface area contributed by atoms with Gasteiger partial charge in [-0.25, -0.2) is 18.0 Å². The summed E-state index contributed by atoms with van der Waals surface area (Å²) >= 11 is 0. The number of carboxylic acids is 2. The summed E-state index contributed by atoms with van der Waals surface area (Å²) in [4.78, 5) is 23.2. The lowest BCUT2D eigenvalue weighted by Crippen LogP contribution is -2.28. The van der Waals surface area contributed by atoms with Gasteiger partial charge in [0.1, 0.15) is 0 Å². The van der Waals surface area contributed by atoms with Crippen LogP contribution in [0.1, 0.15) is 86.0 Å². The van der Waals surface area contributed by atoms with E-state index in [0.29, 0.717) is 11.6 Å². The number of hydrogen-bond acceptors (Lipinski definition) is 5. The number of nitrogens with one attached hydrogen (secondary N) is 1. The molecule has 0 bridgehead atoms. The van der Waals surface area contributed by atoms with Crippen molar-refractivity contribution in [2.45, 2.75) is 81.2 Å². The molecule has 12 heteroatoms. The maximum Gasteiger partial charge on any atom is 0.490 e. The van der Waals surface area contributed by atoms with E-state index >= 15 is 0 Å². The highest BCUT2D eigenvalue weighted by Gasteiger charge is 2.38. The van der Waals surface area contributed by atoms with E-state index in [4.69, 9.17) is 9.90 Å². The van der Waals surface area contributed by atoms with Gasteiger partial charge in [-0.1, -0.05) is 50.7 Å². The fraction of sp³-hybridized carbons (Fsp3) is 0.500. The van der Waals surface area contributed by atoms with Crippen LogP contribution < -0.4 is 9.62 Å². The number of aromatic carboxylic acids is 1. The Morgan fingerprint density at radius 1 is 0.825 bits per heavy atom. The molecule has 1 saturated heterocycles. The molecule has 8 nitrogen and oxygen atoms in total. The third kappa shape index (κ3) is 8.87. The number of rotatable bonds is 6. The topological polar surface area (TPSA) is 124 Å². The number of hydrogen-bond donors (Lipinski definition) is 3. The summed E-state index contributed by atoms with van der Waals surface area (Å²) in [6.45, 7) is 1.64. The molecule has 4 rings (SSSR count). The van der Waals surface area contributed by atoms with Gasteiger partial charge in [-0.05, 0) is 67.5 Å². The molecule has 1 heterocycles. The molecule has 220 valence electrons. The number of sulfonamides is 1. The Morgan fingerprint density at radius 2 is 1.35 bits per heavy atom. The summed E-state index contributed by atoms with van der Waals surface area (Å²) in [5.74, 6) is -3.30. The normalized spacial score (nSPS) is 17.1. The molecule has 0 unspecified atom stereocenters. The Bertz CT molecular complexity index is 1250. The third-order valence-electron chi connectivity index (χ3n) is 7.19. The zero-order valence-electron chi connectivity index (χ0n) is 22.1. The standard InChI is InChI=1S/C26H34N2O4S.C2HF3O2/c29-26(30)24-19-22(13-16-25(24)28-17-7-2-1-3-8-18-28)27-33(31,32)23-14-11-21(12-15-23)20-9-5-4-6-10-20;3-2(4,5)1(6)7/h11-16,19-20,27H,1-10,17-18H2,(H,29,30);(H,6,7). The number of alkyl halides is 3. The van der Waals surface area contributed by atoms with Gasteiger partial charge in [0.2, 0.25) is 0 Å². The summed E-state index contributed by atoms with van der Waals surface area (Å²) in [5, 5.41) is 16.9. The minimum Gasteiger partial charge on any atom is -0.478 e. The summed E-state index contributed by atoms with van der Waals surface area (Å²) < 4.78 is 60.3. The van der Waals surface area contributed by atoms with Gasteiger partial charge in [-0.2, -0.15) is 13.2 Å². The predicted octanol–water partition coefficient (Wildman–Crippen LogP) is 6.64. The van der Waals surface area contributed by atoms with Crippen LogP contribution in [0.15, 0.2) is 47.4 Å². The number of carboxylic acid groups (broad SMARTS) is 2. The number of carbonyl (C=O) groups is 2. The van der Waals surface area contributed by atoms with E-state index in [1.807, 2.05) is 12.1 Å². The molecule has 1 aliphatic carbocycles. The highest BCUT2D eigenvalue weighted by molar-refractivity contribution is 7.92. The van der Waals surface area contributed by atoms with E-state index in [-0.39, 0.29) is 16.1 Å². The average molecular weight is 585 g/mol. The molecule has 3 N–H and O–H groups in total. The Balaban J connectivity index is 0.000000559. The van der Waals surface area contributed by atoms with E-state index < -0.39 is 28.1 Å². The molecule has 0 spiro atoms. The molecule has 2 fully saturated rings. The van der Waals surface area contributed by atoms with Crippen molar-refractivity contribution in [3.8, 4) is 0 Å². The van der Waals surface area contributed by atoms with Crippen molar-refractivity contribution in [1.29, 1.82) is 0 Å². The van der Waals surface area contributed by atoms with Gasteiger partial charge in [-0.15, -0.1) is 0 Å². The van der Waals surface area contributed by atoms with Crippen LogP contribution in [0.5, 0.6) is 0 Å². The van der Waals surface area contributed by atoms with E-state index in [1.165, 1.54) is 37.3 Å². The number of nitrogens with zero attached hydrogens (tertiary/aromatic N) is 1. The molecule has 1 aliphatic heterocycles. The van der Waals surface area contributed by atoms with E-state index in [2.05, 4.69) is 9.62 Å². The quantitative estimate of drug-likeness (QED) is 0.348. The van der Waals surface area contributed by atoms with Crippen LogP contribution in [0.2, 0.25) is 0 Å². The van der Waals surface area contributed by atoms with Crippen LogP contribution >= 0.6 is 0 Å². The zero-order valence-corrected chi connectivity index (χ0v) is 22.9. The predicted molar refractivity (Wildman–Crippen MR) is 145 cm³/mol. The first-order valence-corrected chi connectivity index (χ1v) is 14.9. The number of aliphatic carboxylic acids is 1. The van der Waals surface area contributed by atoms with Gasteiger partial charge >= 0.3 is 18.1 Å². The molecule has 0 aromatic heterocycles. The first kappa shape index (κ1) is 31.3. The van der Waals surface area contributed by atoms with Crippen LogP contribution in [0.25, 0.3) is 0 Å². The second-order valence-electron chi connectivity index (χ2n) is 10.1. The maximum absolute atomic E-state index is 13.0. The smallest absolute Gasteiger partial charge is 0.478 e. The highest BCUT2D eigenvalue weighted by Crippen LogP contribution is 2.33. The van der Waals surface area contributed by atoms with Crippen molar-refractivity contribution in [1.82, 2.24) is 0 Å². The number of anilines is 2. The molecule has 2 aromatic carbocycles. The van der Waals surface area contributed by atoms with Gasteiger partial charge in [0.15, 0.2) is 0 Å². The SMILES string of the molecule is O=C(O)C(F)(F)F.O=C(O)c1cc(NS(=O)(=O)c2ccc(C3CCCCC3)cc2)ccc1N1CCCCCCC1. The fourth-order valence-corrected chi connectivity index (χ4v) is 6.15. The van der Waals surface area contributed by atoms with Gasteiger partial charge in [0.05, 0.1) is 16.1 Å². The van der Waals surface area contributed by atoms with Crippen molar-refractivity contribution in [2.24, 2.45) is 0 Å². The molecule has 1 saturated carbocycles. The molecule has 2 aromatic rings. The molecule has 0 amide bonds. The van der Waals surface area contributed by atoms with Crippen LogP contribution in [-0.4, -0.2) is 49.8 Å². The van der Waals surface area contributed by atoms with Gasteiger partial charge in [0.25, 0.3) is 10.0 Å².